The van der Waals surface area contributed by atoms with Gasteiger partial charge in [0.05, 0.1) is 0 Å². The van der Waals surface area contributed by atoms with Crippen molar-refractivity contribution in [2.75, 3.05) is 17.2 Å². The minimum absolute atomic E-state index is 0.141. The number of nitrogens with one attached hydrogen (secondary N) is 2. The lowest BCUT2D eigenvalue weighted by Crippen LogP contribution is -2.20. The maximum absolute atomic E-state index is 12.5. The molecular formula is C23H21ClN2O3. The van der Waals surface area contributed by atoms with Gasteiger partial charge >= 0.3 is 0 Å². The highest BCUT2D eigenvalue weighted by molar-refractivity contribution is 6.30. The standard InChI is InChI=1S/C23H21ClN2O3/c1-2-16-5-3-4-6-21(16)26-23(28)17-7-13-20(14-8-17)29-15-22(27)25-19-11-9-18(24)10-12-19/h3-14H,2,15H2,1H3,(H,25,27)(H,26,28). The fraction of sp³-hybridized carbons (Fsp3) is 0.130. The van der Waals surface area contributed by atoms with Gasteiger partial charge in [-0.3, -0.25) is 9.59 Å². The topological polar surface area (TPSA) is 67.4 Å². The molecule has 0 unspecified atom stereocenters. The van der Waals surface area contributed by atoms with Gasteiger partial charge in [0.25, 0.3) is 11.8 Å². The number of rotatable bonds is 7. The lowest BCUT2D eigenvalue weighted by atomic mass is 10.1. The summed E-state index contributed by atoms with van der Waals surface area (Å²) in [4.78, 5) is 24.4. The number of aryl methyl sites for hydroxylation is 1. The summed E-state index contributed by atoms with van der Waals surface area (Å²) in [6, 6.07) is 21.2. The number of benzene rings is 3. The molecule has 0 heterocycles. The number of carbonyl (C=O) groups excluding carboxylic acids is 2. The molecule has 2 amide bonds. The molecule has 6 heteroatoms. The largest absolute Gasteiger partial charge is 0.484 e. The van der Waals surface area contributed by atoms with E-state index in [1.54, 1.807) is 48.5 Å². The van der Waals surface area contributed by atoms with Crippen LogP contribution in [0, 0.1) is 0 Å². The highest BCUT2D eigenvalue weighted by Gasteiger charge is 2.09. The molecule has 0 aliphatic rings. The number of hydrogen-bond acceptors (Lipinski definition) is 3. The number of carbonyl (C=O) groups is 2. The van der Waals surface area contributed by atoms with Gasteiger partial charge in [-0.05, 0) is 66.6 Å². The fourth-order valence-electron chi connectivity index (χ4n) is 2.73. The van der Waals surface area contributed by atoms with Crippen molar-refractivity contribution in [3.05, 3.63) is 88.9 Å². The Bertz CT molecular complexity index is 986. The van der Waals surface area contributed by atoms with E-state index in [4.69, 9.17) is 16.3 Å². The van der Waals surface area contributed by atoms with Crippen LogP contribution in [-0.2, 0) is 11.2 Å². The van der Waals surface area contributed by atoms with Crippen LogP contribution in [0.3, 0.4) is 0 Å². The summed E-state index contributed by atoms with van der Waals surface area (Å²) in [5.74, 6) is 0.0185. The second-order valence-corrected chi connectivity index (χ2v) is 6.77. The smallest absolute Gasteiger partial charge is 0.262 e. The van der Waals surface area contributed by atoms with Crippen molar-refractivity contribution in [2.24, 2.45) is 0 Å². The van der Waals surface area contributed by atoms with Crippen LogP contribution in [0.4, 0.5) is 11.4 Å². The third-order valence-corrected chi connectivity index (χ3v) is 4.51. The molecule has 0 fully saturated rings. The SMILES string of the molecule is CCc1ccccc1NC(=O)c1ccc(OCC(=O)Nc2ccc(Cl)cc2)cc1. The normalized spacial score (nSPS) is 10.3. The van der Waals surface area contributed by atoms with Crippen molar-refractivity contribution in [1.29, 1.82) is 0 Å². The average Bonchev–Trinajstić information content (AvgIpc) is 2.74. The highest BCUT2D eigenvalue weighted by Crippen LogP contribution is 2.18. The summed E-state index contributed by atoms with van der Waals surface area (Å²) in [7, 11) is 0. The molecule has 0 spiro atoms. The first-order valence-electron chi connectivity index (χ1n) is 9.22. The maximum Gasteiger partial charge on any atom is 0.262 e. The first-order valence-corrected chi connectivity index (χ1v) is 9.60. The van der Waals surface area contributed by atoms with Crippen LogP contribution in [0.15, 0.2) is 72.8 Å². The summed E-state index contributed by atoms with van der Waals surface area (Å²) in [6.45, 7) is 1.90. The molecule has 0 aliphatic heterocycles. The predicted octanol–water partition coefficient (Wildman–Crippen LogP) is 5.17. The number of halogens is 1. The lowest BCUT2D eigenvalue weighted by Gasteiger charge is -2.10. The Morgan fingerprint density at radius 3 is 2.28 bits per heavy atom. The van der Waals surface area contributed by atoms with Crippen LogP contribution < -0.4 is 15.4 Å². The van der Waals surface area contributed by atoms with E-state index < -0.39 is 0 Å². The molecule has 2 N–H and O–H groups in total. The molecule has 3 aromatic carbocycles. The molecule has 0 saturated carbocycles. The molecule has 3 rings (SSSR count). The molecule has 0 saturated heterocycles. The summed E-state index contributed by atoms with van der Waals surface area (Å²) < 4.78 is 5.48. The third kappa shape index (κ3) is 5.83. The second kappa shape index (κ2) is 9.75. The number of ether oxygens (including phenoxy) is 1. The van der Waals surface area contributed by atoms with Crippen LogP contribution in [0.5, 0.6) is 5.75 Å². The van der Waals surface area contributed by atoms with E-state index in [9.17, 15) is 9.59 Å². The van der Waals surface area contributed by atoms with Gasteiger partial charge in [-0.25, -0.2) is 0 Å². The number of anilines is 2. The monoisotopic (exact) mass is 408 g/mol. The van der Waals surface area contributed by atoms with E-state index in [0.29, 0.717) is 22.0 Å². The van der Waals surface area contributed by atoms with Crippen molar-refractivity contribution in [3.63, 3.8) is 0 Å². The van der Waals surface area contributed by atoms with Crippen molar-refractivity contribution in [1.82, 2.24) is 0 Å². The molecule has 0 aromatic heterocycles. The van der Waals surface area contributed by atoms with Gasteiger partial charge in [-0.1, -0.05) is 36.7 Å². The Labute approximate surface area is 174 Å². The Kier molecular flexibility index (Phi) is 6.87. The van der Waals surface area contributed by atoms with Crippen molar-refractivity contribution >= 4 is 34.8 Å². The van der Waals surface area contributed by atoms with Gasteiger partial charge in [0.2, 0.25) is 0 Å². The third-order valence-electron chi connectivity index (χ3n) is 4.26. The Hall–Kier alpha value is -3.31. The van der Waals surface area contributed by atoms with Gasteiger partial charge in [-0.15, -0.1) is 0 Å². The Morgan fingerprint density at radius 1 is 0.897 bits per heavy atom. The van der Waals surface area contributed by atoms with E-state index in [0.717, 1.165) is 17.7 Å². The number of amides is 2. The number of hydrogen-bond donors (Lipinski definition) is 2. The van der Waals surface area contributed by atoms with Crippen LogP contribution >= 0.6 is 11.6 Å². The van der Waals surface area contributed by atoms with Crippen LogP contribution in [0.25, 0.3) is 0 Å². The number of para-hydroxylation sites is 1. The second-order valence-electron chi connectivity index (χ2n) is 6.33. The molecular weight excluding hydrogens is 388 g/mol. The molecule has 5 nitrogen and oxygen atoms in total. The minimum Gasteiger partial charge on any atom is -0.484 e. The van der Waals surface area contributed by atoms with Gasteiger partial charge in [0.1, 0.15) is 5.75 Å². The first kappa shape index (κ1) is 20.4. The first-order chi connectivity index (χ1) is 14.0. The van der Waals surface area contributed by atoms with Crippen molar-refractivity contribution in [3.8, 4) is 5.75 Å². The van der Waals surface area contributed by atoms with Crippen LogP contribution in [0.1, 0.15) is 22.8 Å². The summed E-state index contributed by atoms with van der Waals surface area (Å²) in [5, 5.41) is 6.24. The van der Waals surface area contributed by atoms with Gasteiger partial charge < -0.3 is 15.4 Å². The van der Waals surface area contributed by atoms with Crippen molar-refractivity contribution in [2.45, 2.75) is 13.3 Å². The predicted molar refractivity (Wildman–Crippen MR) is 116 cm³/mol. The quantitative estimate of drug-likeness (QED) is 0.566. The van der Waals surface area contributed by atoms with E-state index in [2.05, 4.69) is 10.6 Å². The van der Waals surface area contributed by atoms with Gasteiger partial charge in [-0.2, -0.15) is 0 Å². The fourth-order valence-corrected chi connectivity index (χ4v) is 2.85. The zero-order valence-corrected chi connectivity index (χ0v) is 16.7. The Morgan fingerprint density at radius 2 is 1.59 bits per heavy atom. The van der Waals surface area contributed by atoms with E-state index in [-0.39, 0.29) is 18.4 Å². The molecule has 0 aliphatic carbocycles. The minimum atomic E-state index is -0.287. The summed E-state index contributed by atoms with van der Waals surface area (Å²) in [5.41, 5.74) is 3.03. The summed E-state index contributed by atoms with van der Waals surface area (Å²) in [6.07, 6.45) is 0.835. The van der Waals surface area contributed by atoms with Gasteiger partial charge in [0, 0.05) is 22.0 Å². The molecule has 0 atom stereocenters. The van der Waals surface area contributed by atoms with Gasteiger partial charge in [0.15, 0.2) is 6.61 Å². The summed E-state index contributed by atoms with van der Waals surface area (Å²) >= 11 is 5.82. The van der Waals surface area contributed by atoms with E-state index in [1.165, 1.54) is 0 Å². The van der Waals surface area contributed by atoms with Crippen LogP contribution in [-0.4, -0.2) is 18.4 Å². The van der Waals surface area contributed by atoms with Crippen molar-refractivity contribution < 1.29 is 14.3 Å². The Balaban J connectivity index is 1.53. The maximum atomic E-state index is 12.5. The zero-order chi connectivity index (χ0) is 20.6. The molecule has 3 aromatic rings. The molecule has 0 bridgehead atoms. The van der Waals surface area contributed by atoms with Crippen LogP contribution in [0.2, 0.25) is 5.02 Å². The zero-order valence-electron chi connectivity index (χ0n) is 15.9. The van der Waals surface area contributed by atoms with E-state index >= 15 is 0 Å². The molecule has 148 valence electrons. The molecule has 0 radical (unpaired) electrons. The lowest BCUT2D eigenvalue weighted by molar-refractivity contribution is -0.118. The van der Waals surface area contributed by atoms with E-state index in [1.807, 2.05) is 31.2 Å². The average molecular weight is 409 g/mol. The molecule has 29 heavy (non-hydrogen) atoms. The highest BCUT2D eigenvalue weighted by atomic mass is 35.5.